The molecule has 3 unspecified atom stereocenters. The number of halogens is 1. The Bertz CT molecular complexity index is 466. The van der Waals surface area contributed by atoms with Crippen molar-refractivity contribution >= 4 is 23.7 Å². The standard InChI is InChI=1S/C16H28ClNO8/c1-4-24-13(20)7-10(16(23)25-5-2)18(17)9(3)6-12-15(22)14(21)11(19)8-26-12/h9-12,14-15,19,21-22H,4-8H2,1-3H3/t9?,10-,11+,12?,14?,15-/m0/s1. The predicted molar refractivity (Wildman–Crippen MR) is 91.2 cm³/mol. The highest BCUT2D eigenvalue weighted by Gasteiger charge is 2.40. The number of carbonyl (C=O) groups excluding carboxylic acids is 2. The summed E-state index contributed by atoms with van der Waals surface area (Å²) in [5, 5.41) is 29.3. The van der Waals surface area contributed by atoms with Gasteiger partial charge in [-0.3, -0.25) is 9.59 Å². The number of aliphatic hydroxyl groups excluding tert-OH is 3. The zero-order chi connectivity index (χ0) is 19.9. The highest BCUT2D eigenvalue weighted by molar-refractivity contribution is 6.15. The Hall–Kier alpha value is -0.970. The van der Waals surface area contributed by atoms with E-state index in [1.165, 1.54) is 0 Å². The highest BCUT2D eigenvalue weighted by Crippen LogP contribution is 2.24. The maximum atomic E-state index is 12.2. The van der Waals surface area contributed by atoms with Gasteiger partial charge in [0.15, 0.2) is 0 Å². The van der Waals surface area contributed by atoms with Gasteiger partial charge in [0, 0.05) is 6.04 Å². The first-order chi connectivity index (χ1) is 12.2. The lowest BCUT2D eigenvalue weighted by Crippen LogP contribution is -2.54. The van der Waals surface area contributed by atoms with E-state index in [1.807, 2.05) is 0 Å². The average molecular weight is 398 g/mol. The highest BCUT2D eigenvalue weighted by atomic mass is 35.5. The van der Waals surface area contributed by atoms with Gasteiger partial charge in [-0.1, -0.05) is 0 Å². The maximum absolute atomic E-state index is 12.2. The summed E-state index contributed by atoms with van der Waals surface area (Å²) in [7, 11) is 0. The Kier molecular flexibility index (Phi) is 9.77. The molecule has 0 aromatic carbocycles. The summed E-state index contributed by atoms with van der Waals surface area (Å²) in [6.45, 7) is 5.15. The van der Waals surface area contributed by atoms with Crippen LogP contribution in [0.25, 0.3) is 0 Å². The van der Waals surface area contributed by atoms with Crippen LogP contribution >= 0.6 is 11.8 Å². The second-order valence-corrected chi connectivity index (χ2v) is 6.52. The van der Waals surface area contributed by atoms with Crippen LogP contribution in [0, 0.1) is 0 Å². The summed E-state index contributed by atoms with van der Waals surface area (Å²) >= 11 is 6.28. The lowest BCUT2D eigenvalue weighted by molar-refractivity contribution is -0.190. The Morgan fingerprint density at radius 2 is 1.81 bits per heavy atom. The van der Waals surface area contributed by atoms with Crippen LogP contribution in [0.4, 0.5) is 0 Å². The van der Waals surface area contributed by atoms with Gasteiger partial charge in [-0.05, 0) is 39.0 Å². The average Bonchev–Trinajstić information content (AvgIpc) is 2.60. The minimum absolute atomic E-state index is 0.123. The van der Waals surface area contributed by atoms with Crippen molar-refractivity contribution in [2.75, 3.05) is 19.8 Å². The van der Waals surface area contributed by atoms with Crippen LogP contribution in [0.5, 0.6) is 0 Å². The molecule has 9 nitrogen and oxygen atoms in total. The molecule has 152 valence electrons. The van der Waals surface area contributed by atoms with Gasteiger partial charge in [0.25, 0.3) is 0 Å². The molecule has 0 aliphatic carbocycles. The molecule has 1 aliphatic heterocycles. The minimum Gasteiger partial charge on any atom is -0.466 e. The molecule has 1 fully saturated rings. The molecule has 1 heterocycles. The maximum Gasteiger partial charge on any atom is 0.325 e. The molecule has 0 spiro atoms. The SMILES string of the molecule is CCOC(=O)C[C@@H](C(=O)OCC)N(Cl)C(C)CC1OC[C@@H](O)C(O)[C@H]1O. The van der Waals surface area contributed by atoms with E-state index in [9.17, 15) is 24.9 Å². The Balaban J connectivity index is 2.76. The topological polar surface area (TPSA) is 126 Å². The third-order valence-electron chi connectivity index (χ3n) is 4.12. The third-order valence-corrected chi connectivity index (χ3v) is 4.69. The van der Waals surface area contributed by atoms with E-state index in [0.29, 0.717) is 0 Å². The fraction of sp³-hybridized carbons (Fsp3) is 0.875. The summed E-state index contributed by atoms with van der Waals surface area (Å²) < 4.78 is 16.3. The number of carbonyl (C=O) groups is 2. The van der Waals surface area contributed by atoms with Gasteiger partial charge < -0.3 is 29.5 Å². The van der Waals surface area contributed by atoms with Gasteiger partial charge >= 0.3 is 11.9 Å². The van der Waals surface area contributed by atoms with Crippen molar-refractivity contribution < 1.29 is 39.1 Å². The van der Waals surface area contributed by atoms with Crippen LogP contribution in [0.1, 0.15) is 33.6 Å². The second kappa shape index (κ2) is 11.0. The van der Waals surface area contributed by atoms with Crippen LogP contribution in [-0.2, 0) is 23.8 Å². The summed E-state index contributed by atoms with van der Waals surface area (Å²) in [4.78, 5) is 23.9. The third kappa shape index (κ3) is 6.33. The van der Waals surface area contributed by atoms with Crippen molar-refractivity contribution in [3.05, 3.63) is 0 Å². The molecular weight excluding hydrogens is 370 g/mol. The molecule has 3 N–H and O–H groups in total. The molecule has 10 heteroatoms. The molecule has 6 atom stereocenters. The van der Waals surface area contributed by atoms with E-state index in [1.54, 1.807) is 20.8 Å². The van der Waals surface area contributed by atoms with Gasteiger partial charge in [-0.25, -0.2) is 4.42 Å². The quantitative estimate of drug-likeness (QED) is 0.351. The van der Waals surface area contributed by atoms with Gasteiger partial charge in [0.1, 0.15) is 24.4 Å². The Morgan fingerprint density at radius 3 is 2.38 bits per heavy atom. The Labute approximate surface area is 157 Å². The van der Waals surface area contributed by atoms with Crippen LogP contribution in [0.3, 0.4) is 0 Å². The summed E-state index contributed by atoms with van der Waals surface area (Å²) in [6.07, 6.45) is -4.69. The molecular formula is C16H28ClNO8. The zero-order valence-electron chi connectivity index (χ0n) is 15.2. The zero-order valence-corrected chi connectivity index (χ0v) is 16.0. The summed E-state index contributed by atoms with van der Waals surface area (Å²) in [5.41, 5.74) is 0. The first-order valence-corrected chi connectivity index (χ1v) is 8.98. The molecule has 1 rings (SSSR count). The second-order valence-electron chi connectivity index (χ2n) is 6.13. The van der Waals surface area contributed by atoms with Crippen molar-refractivity contribution in [2.24, 2.45) is 0 Å². The van der Waals surface area contributed by atoms with Crippen LogP contribution in [0.2, 0.25) is 0 Å². The Morgan fingerprint density at radius 1 is 1.19 bits per heavy atom. The molecule has 0 radical (unpaired) electrons. The summed E-state index contributed by atoms with van der Waals surface area (Å²) in [6, 6.07) is -1.58. The molecule has 0 aromatic rings. The first-order valence-electron chi connectivity index (χ1n) is 8.65. The fourth-order valence-electron chi connectivity index (χ4n) is 2.71. The van der Waals surface area contributed by atoms with Crippen molar-refractivity contribution in [1.29, 1.82) is 0 Å². The number of rotatable bonds is 9. The number of hydrogen-bond donors (Lipinski definition) is 3. The monoisotopic (exact) mass is 397 g/mol. The van der Waals surface area contributed by atoms with E-state index in [-0.39, 0.29) is 32.7 Å². The number of esters is 2. The van der Waals surface area contributed by atoms with E-state index in [0.717, 1.165) is 4.42 Å². The molecule has 0 amide bonds. The molecule has 1 aliphatic rings. The van der Waals surface area contributed by atoms with Gasteiger partial charge in [0.05, 0.1) is 32.3 Å². The molecule has 0 bridgehead atoms. The van der Waals surface area contributed by atoms with Crippen molar-refractivity contribution in [2.45, 2.75) is 70.1 Å². The molecule has 1 saturated heterocycles. The van der Waals surface area contributed by atoms with Crippen LogP contribution in [0.15, 0.2) is 0 Å². The van der Waals surface area contributed by atoms with Crippen molar-refractivity contribution in [1.82, 2.24) is 4.42 Å². The van der Waals surface area contributed by atoms with E-state index in [4.69, 9.17) is 26.0 Å². The number of ether oxygens (including phenoxy) is 3. The number of hydrogen-bond acceptors (Lipinski definition) is 9. The largest absolute Gasteiger partial charge is 0.466 e. The smallest absolute Gasteiger partial charge is 0.325 e. The fourth-order valence-corrected chi connectivity index (χ4v) is 2.93. The first kappa shape index (κ1) is 23.1. The van der Waals surface area contributed by atoms with Gasteiger partial charge in [-0.15, -0.1) is 0 Å². The van der Waals surface area contributed by atoms with Crippen molar-refractivity contribution in [3.8, 4) is 0 Å². The van der Waals surface area contributed by atoms with Crippen LogP contribution in [-0.4, -0.2) is 88.0 Å². The lowest BCUT2D eigenvalue weighted by atomic mass is 9.95. The number of aliphatic hydroxyl groups is 3. The lowest BCUT2D eigenvalue weighted by Gasteiger charge is -2.38. The normalized spacial score (nSPS) is 28.5. The van der Waals surface area contributed by atoms with E-state index >= 15 is 0 Å². The minimum atomic E-state index is -1.33. The molecule has 0 aromatic heterocycles. The van der Waals surface area contributed by atoms with E-state index < -0.39 is 48.4 Å². The molecule has 0 saturated carbocycles. The van der Waals surface area contributed by atoms with Crippen molar-refractivity contribution in [3.63, 3.8) is 0 Å². The van der Waals surface area contributed by atoms with Crippen LogP contribution < -0.4 is 0 Å². The summed E-state index contributed by atoms with van der Waals surface area (Å²) in [5.74, 6) is -1.25. The molecule has 26 heavy (non-hydrogen) atoms. The van der Waals surface area contributed by atoms with E-state index in [2.05, 4.69) is 0 Å². The predicted octanol–water partition coefficient (Wildman–Crippen LogP) is -0.413. The number of nitrogens with zero attached hydrogens (tertiary/aromatic N) is 1. The van der Waals surface area contributed by atoms with Gasteiger partial charge in [-0.2, -0.15) is 0 Å². The van der Waals surface area contributed by atoms with Gasteiger partial charge in [0.2, 0.25) is 0 Å².